The van der Waals surface area contributed by atoms with Crippen LogP contribution in [0, 0.1) is 0 Å². The van der Waals surface area contributed by atoms with E-state index in [0.717, 1.165) is 4.60 Å². The van der Waals surface area contributed by atoms with Crippen molar-refractivity contribution in [1.82, 2.24) is 4.98 Å². The number of rotatable bonds is 5. The van der Waals surface area contributed by atoms with Crippen molar-refractivity contribution in [3.63, 3.8) is 0 Å². The summed E-state index contributed by atoms with van der Waals surface area (Å²) in [7, 11) is 0. The summed E-state index contributed by atoms with van der Waals surface area (Å²) in [4.78, 5) is 4.10. The monoisotopic (exact) mass is 241 g/mol. The molecule has 2 heteroatoms. The van der Waals surface area contributed by atoms with Gasteiger partial charge in [0.25, 0.3) is 0 Å². The van der Waals surface area contributed by atoms with Crippen molar-refractivity contribution in [2.75, 3.05) is 0 Å². The second-order valence-electron chi connectivity index (χ2n) is 3.30. The third-order valence-corrected chi connectivity index (χ3v) is 2.54. The summed E-state index contributed by atoms with van der Waals surface area (Å²) in [5.74, 6) is 0. The Bertz CT molecular complexity index is 248. The molecule has 0 aliphatic heterocycles. The normalized spacial score (nSPS) is 10.3. The first-order valence-electron chi connectivity index (χ1n) is 4.93. The maximum absolute atomic E-state index is 4.10. The first kappa shape index (κ1) is 10.7. The summed E-state index contributed by atoms with van der Waals surface area (Å²) >= 11 is 3.37. The van der Waals surface area contributed by atoms with Crippen LogP contribution in [-0.2, 0) is 6.42 Å². The Morgan fingerprint density at radius 3 is 2.85 bits per heavy atom. The Balaban J connectivity index is 2.28. The van der Waals surface area contributed by atoms with Crippen molar-refractivity contribution in [2.45, 2.75) is 39.0 Å². The molecule has 1 heterocycles. The van der Waals surface area contributed by atoms with E-state index in [0.29, 0.717) is 0 Å². The maximum atomic E-state index is 4.10. The molecule has 1 rings (SSSR count). The van der Waals surface area contributed by atoms with Crippen LogP contribution in [0.15, 0.2) is 22.9 Å². The minimum atomic E-state index is 0.945. The molecule has 0 saturated heterocycles. The number of pyridine rings is 1. The SMILES string of the molecule is CCCCCCc1ccnc(Br)c1. The maximum Gasteiger partial charge on any atom is 0.106 e. The van der Waals surface area contributed by atoms with E-state index < -0.39 is 0 Å². The molecule has 0 aromatic carbocycles. The molecule has 0 saturated carbocycles. The van der Waals surface area contributed by atoms with Crippen LogP contribution in [0.2, 0.25) is 0 Å². The number of unbranched alkanes of at least 4 members (excludes halogenated alkanes) is 3. The quantitative estimate of drug-likeness (QED) is 0.562. The van der Waals surface area contributed by atoms with Gasteiger partial charge in [0, 0.05) is 6.20 Å². The summed E-state index contributed by atoms with van der Waals surface area (Å²) in [5.41, 5.74) is 1.39. The predicted octanol–water partition coefficient (Wildman–Crippen LogP) is 3.97. The van der Waals surface area contributed by atoms with Gasteiger partial charge in [-0.3, -0.25) is 0 Å². The molecule has 0 aliphatic rings. The lowest BCUT2D eigenvalue weighted by atomic mass is 10.1. The van der Waals surface area contributed by atoms with Crippen molar-refractivity contribution in [3.05, 3.63) is 28.5 Å². The van der Waals surface area contributed by atoms with Gasteiger partial charge in [0.2, 0.25) is 0 Å². The standard InChI is InChI=1S/C11H16BrN/c1-2-3-4-5-6-10-7-8-13-11(12)9-10/h7-9H,2-6H2,1H3. The van der Waals surface area contributed by atoms with E-state index in [2.05, 4.69) is 40.0 Å². The molecule has 1 aromatic rings. The summed E-state index contributed by atoms with van der Waals surface area (Å²) in [5, 5.41) is 0. The van der Waals surface area contributed by atoms with E-state index in [1.807, 2.05) is 6.20 Å². The third-order valence-electron chi connectivity index (χ3n) is 2.11. The average Bonchev–Trinajstić information content (AvgIpc) is 2.13. The van der Waals surface area contributed by atoms with Crippen LogP contribution in [0.4, 0.5) is 0 Å². The topological polar surface area (TPSA) is 12.9 Å². The van der Waals surface area contributed by atoms with E-state index in [-0.39, 0.29) is 0 Å². The molecule has 0 N–H and O–H groups in total. The fraction of sp³-hybridized carbons (Fsp3) is 0.545. The zero-order valence-corrected chi connectivity index (χ0v) is 9.68. The summed E-state index contributed by atoms with van der Waals surface area (Å²) in [6.45, 7) is 2.24. The second-order valence-corrected chi connectivity index (χ2v) is 4.11. The van der Waals surface area contributed by atoms with E-state index >= 15 is 0 Å². The van der Waals surface area contributed by atoms with Crippen LogP contribution in [0.25, 0.3) is 0 Å². The van der Waals surface area contributed by atoms with Gasteiger partial charge in [-0.15, -0.1) is 0 Å². The molecule has 0 fully saturated rings. The van der Waals surface area contributed by atoms with Crippen molar-refractivity contribution < 1.29 is 0 Å². The fourth-order valence-electron chi connectivity index (χ4n) is 1.35. The number of aromatic nitrogens is 1. The molecule has 1 nitrogen and oxygen atoms in total. The molecule has 13 heavy (non-hydrogen) atoms. The van der Waals surface area contributed by atoms with Gasteiger partial charge in [-0.1, -0.05) is 26.2 Å². The summed E-state index contributed by atoms with van der Waals surface area (Å²) < 4.78 is 0.945. The molecule has 0 amide bonds. The Morgan fingerprint density at radius 2 is 2.15 bits per heavy atom. The Kier molecular flexibility index (Phi) is 5.06. The predicted molar refractivity (Wildman–Crippen MR) is 59.8 cm³/mol. The highest BCUT2D eigenvalue weighted by molar-refractivity contribution is 9.10. The van der Waals surface area contributed by atoms with Crippen LogP contribution in [-0.4, -0.2) is 4.98 Å². The lowest BCUT2D eigenvalue weighted by molar-refractivity contribution is 0.666. The van der Waals surface area contributed by atoms with Crippen LogP contribution < -0.4 is 0 Å². The lowest BCUT2D eigenvalue weighted by Gasteiger charge is -2.00. The molecule has 0 atom stereocenters. The van der Waals surface area contributed by atoms with Gasteiger partial charge in [0.1, 0.15) is 4.60 Å². The Labute approximate surface area is 88.7 Å². The smallest absolute Gasteiger partial charge is 0.106 e. The van der Waals surface area contributed by atoms with Gasteiger partial charge in [-0.05, 0) is 46.5 Å². The highest BCUT2D eigenvalue weighted by atomic mass is 79.9. The minimum Gasteiger partial charge on any atom is -0.249 e. The van der Waals surface area contributed by atoms with Crippen molar-refractivity contribution in [2.24, 2.45) is 0 Å². The lowest BCUT2D eigenvalue weighted by Crippen LogP contribution is -1.86. The van der Waals surface area contributed by atoms with Gasteiger partial charge in [0.05, 0.1) is 0 Å². The highest BCUT2D eigenvalue weighted by Gasteiger charge is 1.94. The molecular weight excluding hydrogens is 226 g/mol. The molecule has 0 bridgehead atoms. The fourth-order valence-corrected chi connectivity index (χ4v) is 1.77. The van der Waals surface area contributed by atoms with E-state index in [1.54, 1.807) is 0 Å². The number of halogens is 1. The van der Waals surface area contributed by atoms with Crippen LogP contribution >= 0.6 is 15.9 Å². The third kappa shape index (κ3) is 4.41. The highest BCUT2D eigenvalue weighted by Crippen LogP contribution is 2.11. The number of hydrogen-bond donors (Lipinski definition) is 0. The summed E-state index contributed by atoms with van der Waals surface area (Å²) in [6.07, 6.45) is 8.34. The van der Waals surface area contributed by atoms with E-state index in [1.165, 1.54) is 37.7 Å². The molecule has 0 unspecified atom stereocenters. The minimum absolute atomic E-state index is 0.945. The molecule has 72 valence electrons. The van der Waals surface area contributed by atoms with E-state index in [4.69, 9.17) is 0 Å². The Hall–Kier alpha value is -0.370. The summed E-state index contributed by atoms with van der Waals surface area (Å²) in [6, 6.07) is 4.20. The number of hydrogen-bond acceptors (Lipinski definition) is 1. The zero-order chi connectivity index (χ0) is 9.52. The van der Waals surface area contributed by atoms with Crippen molar-refractivity contribution >= 4 is 15.9 Å². The Morgan fingerprint density at radius 1 is 1.31 bits per heavy atom. The molecular formula is C11H16BrN. The van der Waals surface area contributed by atoms with Crippen LogP contribution in [0.3, 0.4) is 0 Å². The molecule has 0 spiro atoms. The molecule has 0 aliphatic carbocycles. The van der Waals surface area contributed by atoms with Crippen LogP contribution in [0.1, 0.15) is 38.2 Å². The van der Waals surface area contributed by atoms with Gasteiger partial charge >= 0.3 is 0 Å². The first-order valence-corrected chi connectivity index (χ1v) is 5.72. The van der Waals surface area contributed by atoms with E-state index in [9.17, 15) is 0 Å². The second kappa shape index (κ2) is 6.14. The van der Waals surface area contributed by atoms with Crippen molar-refractivity contribution in [3.8, 4) is 0 Å². The average molecular weight is 242 g/mol. The largest absolute Gasteiger partial charge is 0.249 e. The molecule has 0 radical (unpaired) electrons. The van der Waals surface area contributed by atoms with Crippen LogP contribution in [0.5, 0.6) is 0 Å². The van der Waals surface area contributed by atoms with Gasteiger partial charge in [-0.25, -0.2) is 4.98 Å². The van der Waals surface area contributed by atoms with Crippen molar-refractivity contribution in [1.29, 1.82) is 0 Å². The van der Waals surface area contributed by atoms with Gasteiger partial charge in [-0.2, -0.15) is 0 Å². The number of nitrogens with zero attached hydrogens (tertiary/aromatic N) is 1. The number of aryl methyl sites for hydroxylation is 1. The van der Waals surface area contributed by atoms with Gasteiger partial charge < -0.3 is 0 Å². The zero-order valence-electron chi connectivity index (χ0n) is 8.09. The molecule has 1 aromatic heterocycles. The first-order chi connectivity index (χ1) is 6.33. The van der Waals surface area contributed by atoms with Gasteiger partial charge in [0.15, 0.2) is 0 Å².